The highest BCUT2D eigenvalue weighted by Gasteiger charge is 2.39. The predicted octanol–water partition coefficient (Wildman–Crippen LogP) is 3.56. The number of allylic oxidation sites excluding steroid dienone is 1. The molecule has 0 radical (unpaired) electrons. The molecule has 2 saturated heterocycles. The van der Waals surface area contributed by atoms with E-state index < -0.39 is 0 Å². The lowest BCUT2D eigenvalue weighted by molar-refractivity contribution is 0.0966. The van der Waals surface area contributed by atoms with Crippen LogP contribution in [0.2, 0.25) is 0 Å². The number of hydrogen-bond donors (Lipinski definition) is 2. The third-order valence-electron chi connectivity index (χ3n) is 7.10. The molecule has 2 bridgehead atoms. The number of pyridine rings is 2. The van der Waals surface area contributed by atoms with Gasteiger partial charge in [-0.25, -0.2) is 9.98 Å². The first-order chi connectivity index (χ1) is 17.1. The lowest BCUT2D eigenvalue weighted by Crippen LogP contribution is -2.36. The second-order valence-corrected chi connectivity index (χ2v) is 9.10. The second-order valence-electron chi connectivity index (χ2n) is 9.10. The number of hydrogen-bond acceptors (Lipinski definition) is 7. The van der Waals surface area contributed by atoms with Crippen LogP contribution in [-0.4, -0.2) is 52.5 Å². The molecule has 6 rings (SSSR count). The number of amides is 1. The largest absolute Gasteiger partial charge is 0.374 e. The van der Waals surface area contributed by atoms with Crippen molar-refractivity contribution in [2.75, 3.05) is 23.4 Å². The number of aryl methyl sites for hydroxylation is 1. The molecule has 0 aromatic carbocycles. The smallest absolute Gasteiger partial charge is 0.254 e. The van der Waals surface area contributed by atoms with E-state index >= 15 is 0 Å². The summed E-state index contributed by atoms with van der Waals surface area (Å²) in [7, 11) is 1.93. The van der Waals surface area contributed by atoms with E-state index in [1.807, 2.05) is 49.1 Å². The van der Waals surface area contributed by atoms with Gasteiger partial charge in [-0.3, -0.25) is 9.78 Å². The predicted molar refractivity (Wildman–Crippen MR) is 136 cm³/mol. The zero-order valence-electron chi connectivity index (χ0n) is 19.8. The number of ether oxygens (including phenoxy) is 1. The number of aliphatic imine (C=N–C) groups is 1. The van der Waals surface area contributed by atoms with Crippen molar-refractivity contribution in [3.63, 3.8) is 0 Å². The maximum atomic E-state index is 12.8. The van der Waals surface area contributed by atoms with Crippen LogP contribution in [0.15, 0.2) is 47.9 Å². The van der Waals surface area contributed by atoms with Gasteiger partial charge in [-0.2, -0.15) is 0 Å². The van der Waals surface area contributed by atoms with Gasteiger partial charge in [-0.1, -0.05) is 6.08 Å². The highest BCUT2D eigenvalue weighted by atomic mass is 16.5. The van der Waals surface area contributed by atoms with Crippen molar-refractivity contribution >= 4 is 41.2 Å². The maximum Gasteiger partial charge on any atom is 0.254 e. The molecule has 3 aromatic rings. The van der Waals surface area contributed by atoms with E-state index in [1.54, 1.807) is 6.20 Å². The van der Waals surface area contributed by atoms with E-state index in [0.29, 0.717) is 35.8 Å². The fourth-order valence-corrected chi connectivity index (χ4v) is 5.40. The normalized spacial score (nSPS) is 20.8. The van der Waals surface area contributed by atoms with Gasteiger partial charge >= 0.3 is 0 Å². The third kappa shape index (κ3) is 3.50. The van der Waals surface area contributed by atoms with Crippen LogP contribution in [-0.2, 0) is 18.3 Å². The van der Waals surface area contributed by atoms with Gasteiger partial charge in [-0.05, 0) is 38.3 Å². The number of nitrogens with zero attached hydrogens (tertiary/aromatic N) is 5. The van der Waals surface area contributed by atoms with E-state index in [4.69, 9.17) is 9.72 Å². The van der Waals surface area contributed by atoms with Crippen LogP contribution < -0.4 is 15.5 Å². The Kier molecular flexibility index (Phi) is 5.14. The van der Waals surface area contributed by atoms with Crippen molar-refractivity contribution in [2.45, 2.75) is 32.0 Å². The number of rotatable bonds is 6. The van der Waals surface area contributed by atoms with Crippen molar-refractivity contribution in [3.8, 4) is 0 Å². The van der Waals surface area contributed by atoms with E-state index in [0.717, 1.165) is 53.5 Å². The number of anilines is 3. The summed E-state index contributed by atoms with van der Waals surface area (Å²) in [6.07, 6.45) is 8.94. The minimum atomic E-state index is -0.124. The van der Waals surface area contributed by atoms with Crippen LogP contribution in [0.5, 0.6) is 0 Å². The fraction of sp³-hybridized carbons (Fsp3) is 0.308. The number of carbonyl (C=O) groups excluding carboxylic acids is 1. The molecule has 2 atom stereocenters. The summed E-state index contributed by atoms with van der Waals surface area (Å²) < 4.78 is 7.62. The Morgan fingerprint density at radius 2 is 2.20 bits per heavy atom. The third-order valence-corrected chi connectivity index (χ3v) is 7.10. The molecule has 3 aliphatic heterocycles. The quantitative estimate of drug-likeness (QED) is 0.536. The van der Waals surface area contributed by atoms with Crippen molar-refractivity contribution in [3.05, 3.63) is 65.2 Å². The monoisotopic (exact) mass is 469 g/mol. The van der Waals surface area contributed by atoms with Gasteiger partial charge in [0.25, 0.3) is 5.91 Å². The molecule has 0 unspecified atom stereocenters. The molecular formula is C26H27N7O2. The maximum absolute atomic E-state index is 12.8. The molecule has 9 nitrogen and oxygen atoms in total. The first kappa shape index (κ1) is 21.5. The molecule has 6 heterocycles. The summed E-state index contributed by atoms with van der Waals surface area (Å²) in [5.74, 6) is 1.30. The summed E-state index contributed by atoms with van der Waals surface area (Å²) >= 11 is 0. The summed E-state index contributed by atoms with van der Waals surface area (Å²) in [6.45, 7) is 7.79. The first-order valence-electron chi connectivity index (χ1n) is 11.8. The Bertz CT molecular complexity index is 1360. The topological polar surface area (TPSA) is 96.7 Å². The number of aromatic nitrogens is 3. The Hall–Kier alpha value is -3.98. The first-order valence-corrected chi connectivity index (χ1v) is 11.8. The summed E-state index contributed by atoms with van der Waals surface area (Å²) in [5.41, 5.74) is 5.79. The van der Waals surface area contributed by atoms with E-state index in [1.165, 1.54) is 0 Å². The van der Waals surface area contributed by atoms with Gasteiger partial charge in [0, 0.05) is 43.0 Å². The molecule has 1 amide bonds. The Labute approximate surface area is 203 Å². The zero-order valence-corrected chi connectivity index (χ0v) is 19.8. The van der Waals surface area contributed by atoms with E-state index in [9.17, 15) is 4.79 Å². The molecule has 2 fully saturated rings. The SMILES string of the molecule is C=Nc1c(/C(=C\C)c2ncc(Nc3ccc(N4C[C@H]5C[C@@H]4CO5)cn3)c3c2CNC3=O)ccn1C. The second kappa shape index (κ2) is 8.35. The van der Waals surface area contributed by atoms with Crippen LogP contribution in [0.25, 0.3) is 5.57 Å². The number of fused-ring (bicyclic) bond motifs is 3. The van der Waals surface area contributed by atoms with E-state index in [2.05, 4.69) is 38.3 Å². The fourth-order valence-electron chi connectivity index (χ4n) is 5.40. The highest BCUT2D eigenvalue weighted by molar-refractivity contribution is 6.05. The average Bonchev–Trinajstić information content (AvgIpc) is 3.66. The summed E-state index contributed by atoms with van der Waals surface area (Å²) in [5, 5.41) is 6.26. The van der Waals surface area contributed by atoms with E-state index in [-0.39, 0.29) is 5.91 Å². The van der Waals surface area contributed by atoms with Crippen molar-refractivity contribution < 1.29 is 9.53 Å². The molecular weight excluding hydrogens is 442 g/mol. The van der Waals surface area contributed by atoms with Crippen molar-refractivity contribution in [1.29, 1.82) is 0 Å². The van der Waals surface area contributed by atoms with Crippen LogP contribution in [0.3, 0.4) is 0 Å². The Morgan fingerprint density at radius 3 is 2.89 bits per heavy atom. The molecule has 9 heteroatoms. The van der Waals surface area contributed by atoms with Crippen LogP contribution in [0.1, 0.15) is 40.5 Å². The van der Waals surface area contributed by atoms with Crippen molar-refractivity contribution in [2.24, 2.45) is 12.0 Å². The van der Waals surface area contributed by atoms with Gasteiger partial charge < -0.3 is 24.8 Å². The molecule has 0 aliphatic carbocycles. The lowest BCUT2D eigenvalue weighted by Gasteiger charge is -2.28. The minimum Gasteiger partial charge on any atom is -0.374 e. The Morgan fingerprint density at radius 1 is 1.31 bits per heavy atom. The molecule has 178 valence electrons. The lowest BCUT2D eigenvalue weighted by atomic mass is 9.97. The zero-order chi connectivity index (χ0) is 24.1. The molecule has 3 aromatic heterocycles. The summed E-state index contributed by atoms with van der Waals surface area (Å²) in [4.78, 5) is 28.8. The van der Waals surface area contributed by atoms with Crippen molar-refractivity contribution in [1.82, 2.24) is 19.9 Å². The van der Waals surface area contributed by atoms with Crippen LogP contribution >= 0.6 is 0 Å². The molecule has 35 heavy (non-hydrogen) atoms. The number of carbonyl (C=O) groups is 1. The van der Waals surface area contributed by atoms with Crippen LogP contribution in [0.4, 0.5) is 23.0 Å². The average molecular weight is 470 g/mol. The standard InChI is InChI=1S/C26H27N7O2/c1-4-18(19-7-8-32(3)25(19)27-2)24-20-11-30-26(34)23(20)21(12-29-24)31-22-6-5-15(10-28-22)33-13-17-9-16(33)14-35-17/h4-8,10,12,16-17H,2,9,11,13-14H2,1,3H3,(H,28,31)(H,30,34)/b18-4+/t16-,17-/m1/s1. The molecule has 0 spiro atoms. The highest BCUT2D eigenvalue weighted by Crippen LogP contribution is 2.37. The Balaban J connectivity index is 1.31. The van der Waals surface area contributed by atoms with Gasteiger partial charge in [-0.15, -0.1) is 0 Å². The van der Waals surface area contributed by atoms with Gasteiger partial charge in [0.1, 0.15) is 11.6 Å². The number of morpholine rings is 1. The van der Waals surface area contributed by atoms with Crippen LogP contribution in [0, 0.1) is 0 Å². The minimum absolute atomic E-state index is 0.124. The number of nitrogens with one attached hydrogen (secondary N) is 2. The van der Waals surface area contributed by atoms with Gasteiger partial charge in [0.2, 0.25) is 0 Å². The van der Waals surface area contributed by atoms with Gasteiger partial charge in [0.15, 0.2) is 0 Å². The van der Waals surface area contributed by atoms with Gasteiger partial charge in [0.05, 0.1) is 53.8 Å². The summed E-state index contributed by atoms with van der Waals surface area (Å²) in [6, 6.07) is 6.44. The molecule has 3 aliphatic rings. The molecule has 2 N–H and O–H groups in total. The molecule has 0 saturated carbocycles.